The summed E-state index contributed by atoms with van der Waals surface area (Å²) in [5.41, 5.74) is 6.24. The fourth-order valence-electron chi connectivity index (χ4n) is 2.33. The van der Waals surface area contributed by atoms with Gasteiger partial charge in [0.1, 0.15) is 0 Å². The zero-order valence-corrected chi connectivity index (χ0v) is 27.3. The molecule has 38 heavy (non-hydrogen) atoms. The standard InChI is InChI=1S/C16H14.C11H19Br.2C3H6.C2H6.C2H2/c1-2-14-9-6-10-16(13-14)12-11-15-7-4-3-5-8-15;1-5-6-7-11(12)8-10(4)9(2)3;2*1-3-2;2*1-2/h3-10,13H,2H2,1H3;8H,5-7H2,1-4H3;2*3H,1H2,2H3;1-2H3;1-2H/b;11-8+;;;;. The molecule has 0 aliphatic rings. The van der Waals surface area contributed by atoms with Crippen molar-refractivity contribution in [2.24, 2.45) is 0 Å². The molecule has 208 valence electrons. The van der Waals surface area contributed by atoms with E-state index >= 15 is 0 Å². The minimum atomic E-state index is 1.06. The number of halogens is 1. The lowest BCUT2D eigenvalue weighted by Crippen LogP contribution is -1.81. The van der Waals surface area contributed by atoms with Gasteiger partial charge in [-0.05, 0) is 94.3 Å². The topological polar surface area (TPSA) is 0 Å². The molecule has 2 rings (SSSR count). The van der Waals surface area contributed by atoms with Crippen molar-refractivity contribution in [2.45, 2.75) is 88.0 Å². The molecule has 0 radical (unpaired) electrons. The van der Waals surface area contributed by atoms with Crippen LogP contribution < -0.4 is 0 Å². The van der Waals surface area contributed by atoms with E-state index < -0.39 is 0 Å². The summed E-state index contributed by atoms with van der Waals surface area (Å²) < 4.78 is 1.32. The second-order valence-corrected chi connectivity index (χ2v) is 8.88. The zero-order chi connectivity index (χ0) is 30.2. The number of unbranched alkanes of at least 4 members (excludes halogenated alkanes) is 1. The van der Waals surface area contributed by atoms with Gasteiger partial charge in [-0.3, -0.25) is 0 Å². The second kappa shape index (κ2) is 34.0. The first-order valence-electron chi connectivity index (χ1n) is 13.4. The summed E-state index contributed by atoms with van der Waals surface area (Å²) in [7, 11) is 0. The van der Waals surface area contributed by atoms with Gasteiger partial charge in [0.15, 0.2) is 0 Å². The van der Waals surface area contributed by atoms with Crippen molar-refractivity contribution in [1.29, 1.82) is 0 Å². The number of terminal acetylenes is 1. The van der Waals surface area contributed by atoms with Crippen LogP contribution in [0.3, 0.4) is 0 Å². The monoisotopic (exact) mass is 576 g/mol. The highest BCUT2D eigenvalue weighted by atomic mass is 79.9. The molecule has 0 aromatic heterocycles. The fourth-order valence-corrected chi connectivity index (χ4v) is 2.96. The van der Waals surface area contributed by atoms with Gasteiger partial charge >= 0.3 is 0 Å². The number of hydrogen-bond donors (Lipinski definition) is 0. The Bertz CT molecular complexity index is 950. The highest BCUT2D eigenvalue weighted by molar-refractivity contribution is 9.11. The molecular formula is C37H53Br. The molecule has 0 spiro atoms. The van der Waals surface area contributed by atoms with Gasteiger partial charge in [0.2, 0.25) is 0 Å². The molecule has 0 heterocycles. The third kappa shape index (κ3) is 29.2. The van der Waals surface area contributed by atoms with Gasteiger partial charge < -0.3 is 0 Å². The maximum absolute atomic E-state index is 4.00. The summed E-state index contributed by atoms with van der Waals surface area (Å²) in [6.07, 6.45) is 18.5. The summed E-state index contributed by atoms with van der Waals surface area (Å²) in [5, 5.41) is 0. The predicted octanol–water partition coefficient (Wildman–Crippen LogP) is 12.1. The van der Waals surface area contributed by atoms with Gasteiger partial charge in [-0.2, -0.15) is 0 Å². The largest absolute Gasteiger partial charge is 0.124 e. The van der Waals surface area contributed by atoms with Crippen LogP contribution in [-0.2, 0) is 6.42 Å². The van der Waals surface area contributed by atoms with Crippen LogP contribution in [0.5, 0.6) is 0 Å². The van der Waals surface area contributed by atoms with Gasteiger partial charge in [-0.15, -0.1) is 26.0 Å². The molecule has 0 atom stereocenters. The van der Waals surface area contributed by atoms with Crippen molar-refractivity contribution in [3.8, 4) is 24.7 Å². The van der Waals surface area contributed by atoms with Crippen molar-refractivity contribution < 1.29 is 0 Å². The van der Waals surface area contributed by atoms with Gasteiger partial charge in [0, 0.05) is 11.1 Å². The van der Waals surface area contributed by atoms with Gasteiger partial charge in [-0.25, -0.2) is 0 Å². The average Bonchev–Trinajstić information content (AvgIpc) is 2.95. The minimum absolute atomic E-state index is 1.06. The van der Waals surface area contributed by atoms with E-state index in [2.05, 4.69) is 119 Å². The van der Waals surface area contributed by atoms with Gasteiger partial charge in [0.05, 0.1) is 0 Å². The molecule has 1 heteroatoms. The first-order chi connectivity index (χ1) is 18.3. The summed E-state index contributed by atoms with van der Waals surface area (Å²) >= 11 is 3.57. The molecule has 0 N–H and O–H groups in total. The lowest BCUT2D eigenvalue weighted by molar-refractivity contribution is 0.810. The Labute approximate surface area is 246 Å². The Morgan fingerprint density at radius 2 is 1.32 bits per heavy atom. The highest BCUT2D eigenvalue weighted by Crippen LogP contribution is 2.17. The first-order valence-corrected chi connectivity index (χ1v) is 14.2. The predicted molar refractivity (Wildman–Crippen MR) is 182 cm³/mol. The Morgan fingerprint density at radius 3 is 1.76 bits per heavy atom. The summed E-state index contributed by atoms with van der Waals surface area (Å²) in [6.45, 7) is 25.3. The molecule has 2 aromatic carbocycles. The number of hydrogen-bond acceptors (Lipinski definition) is 0. The highest BCUT2D eigenvalue weighted by Gasteiger charge is 1.93. The van der Waals surface area contributed by atoms with Crippen molar-refractivity contribution in [2.75, 3.05) is 0 Å². The van der Waals surface area contributed by atoms with E-state index in [-0.39, 0.29) is 0 Å². The van der Waals surface area contributed by atoms with E-state index in [1.807, 2.05) is 58.0 Å². The summed E-state index contributed by atoms with van der Waals surface area (Å²) in [4.78, 5) is 0. The Hall–Kier alpha value is -3.00. The van der Waals surface area contributed by atoms with E-state index in [1.165, 1.54) is 40.5 Å². The van der Waals surface area contributed by atoms with E-state index in [9.17, 15) is 0 Å². The lowest BCUT2D eigenvalue weighted by atomic mass is 10.1. The van der Waals surface area contributed by atoms with Crippen LogP contribution in [0.25, 0.3) is 0 Å². The number of rotatable bonds is 5. The Balaban J connectivity index is -0.000000232. The first kappa shape index (κ1) is 42.1. The molecule has 0 bridgehead atoms. The van der Waals surface area contributed by atoms with Crippen molar-refractivity contribution in [3.05, 3.63) is 118 Å². The molecule has 0 aliphatic heterocycles. The van der Waals surface area contributed by atoms with Crippen LogP contribution in [0.15, 0.2) is 102 Å². The maximum Gasteiger partial charge on any atom is 0.0251 e. The lowest BCUT2D eigenvalue weighted by Gasteiger charge is -1.99. The molecule has 0 unspecified atom stereocenters. The van der Waals surface area contributed by atoms with Crippen LogP contribution in [0.2, 0.25) is 0 Å². The molecule has 0 saturated heterocycles. The average molecular weight is 578 g/mol. The van der Waals surface area contributed by atoms with Crippen molar-refractivity contribution in [1.82, 2.24) is 0 Å². The van der Waals surface area contributed by atoms with Gasteiger partial charge in [-0.1, -0.05) is 116 Å². The van der Waals surface area contributed by atoms with Crippen LogP contribution in [-0.4, -0.2) is 0 Å². The minimum Gasteiger partial charge on any atom is -0.124 e. The van der Waals surface area contributed by atoms with E-state index in [4.69, 9.17) is 0 Å². The van der Waals surface area contributed by atoms with Crippen molar-refractivity contribution in [3.63, 3.8) is 0 Å². The van der Waals surface area contributed by atoms with E-state index in [0.29, 0.717) is 0 Å². The van der Waals surface area contributed by atoms with Crippen LogP contribution in [0.1, 0.15) is 98.3 Å². The quantitative estimate of drug-likeness (QED) is 0.188. The van der Waals surface area contributed by atoms with Crippen LogP contribution >= 0.6 is 15.9 Å². The molecule has 0 amide bonds. The molecule has 2 aromatic rings. The number of benzene rings is 2. The van der Waals surface area contributed by atoms with E-state index in [1.54, 1.807) is 12.2 Å². The smallest absolute Gasteiger partial charge is 0.0251 e. The van der Waals surface area contributed by atoms with Crippen LogP contribution in [0.4, 0.5) is 0 Å². The number of allylic oxidation sites excluding steroid dienone is 6. The van der Waals surface area contributed by atoms with Crippen molar-refractivity contribution >= 4 is 15.9 Å². The molecule has 0 nitrogen and oxygen atoms in total. The SMILES string of the molecule is C#C.C=CC.C=CC.CC.CCCC/C(Br)=C\C(C)=C(C)C.CCc1cccc(C#Cc2ccccc2)c1. The molecule has 0 aliphatic carbocycles. The molecule has 0 fully saturated rings. The third-order valence-electron chi connectivity index (χ3n) is 4.39. The Morgan fingerprint density at radius 1 is 0.842 bits per heavy atom. The molecule has 0 saturated carbocycles. The van der Waals surface area contributed by atoms with Crippen LogP contribution in [0, 0.1) is 24.7 Å². The second-order valence-electron chi connectivity index (χ2n) is 7.86. The maximum atomic E-state index is 4.00. The normalized spacial score (nSPS) is 8.47. The molecular weight excluding hydrogens is 524 g/mol. The summed E-state index contributed by atoms with van der Waals surface area (Å²) in [5.74, 6) is 6.35. The zero-order valence-electron chi connectivity index (χ0n) is 25.7. The van der Waals surface area contributed by atoms with Gasteiger partial charge in [0.25, 0.3) is 0 Å². The fraction of sp³-hybridized carbons (Fsp3) is 0.351. The summed E-state index contributed by atoms with van der Waals surface area (Å²) in [6, 6.07) is 18.5. The van der Waals surface area contributed by atoms with E-state index in [0.717, 1.165) is 17.5 Å². The third-order valence-corrected chi connectivity index (χ3v) is 5.02. The Kier molecular flexibility index (Phi) is 37.7. The number of aryl methyl sites for hydroxylation is 1.